The Morgan fingerprint density at radius 1 is 1.15 bits per heavy atom. The van der Waals surface area contributed by atoms with Crippen molar-refractivity contribution in [2.45, 2.75) is 38.6 Å². The highest BCUT2D eigenvalue weighted by atomic mass is 16.5. The highest BCUT2D eigenvalue weighted by molar-refractivity contribution is 5.75. The number of carbonyl (C=O) groups is 1. The van der Waals surface area contributed by atoms with E-state index < -0.39 is 0 Å². The largest absolute Gasteiger partial charge is 0.493 e. The van der Waals surface area contributed by atoms with Gasteiger partial charge in [0.05, 0.1) is 19.9 Å². The number of aryl methyl sites for hydroxylation is 2. The number of nitrogens with zero attached hydrogens (tertiary/aromatic N) is 2. The van der Waals surface area contributed by atoms with Crippen molar-refractivity contribution in [1.82, 2.24) is 15.1 Å². The van der Waals surface area contributed by atoms with Crippen LogP contribution >= 0.6 is 0 Å². The van der Waals surface area contributed by atoms with Crippen LogP contribution in [0.15, 0.2) is 29.1 Å². The van der Waals surface area contributed by atoms with Gasteiger partial charge in [-0.2, -0.15) is 5.10 Å². The Kier molecular flexibility index (Phi) is 6.11. The summed E-state index contributed by atoms with van der Waals surface area (Å²) in [5, 5.41) is 7.22. The molecule has 0 radical (unpaired) electrons. The van der Waals surface area contributed by atoms with Gasteiger partial charge in [-0.05, 0) is 55.4 Å². The Morgan fingerprint density at radius 2 is 1.93 bits per heavy atom. The molecule has 0 saturated carbocycles. The summed E-state index contributed by atoms with van der Waals surface area (Å²) < 4.78 is 11.8. The van der Waals surface area contributed by atoms with Gasteiger partial charge in [0.25, 0.3) is 5.56 Å². The van der Waals surface area contributed by atoms with Crippen LogP contribution in [-0.4, -0.2) is 36.5 Å². The molecule has 1 aromatic carbocycles. The van der Waals surface area contributed by atoms with E-state index in [-0.39, 0.29) is 18.0 Å². The molecule has 144 valence electrons. The van der Waals surface area contributed by atoms with Crippen LogP contribution in [-0.2, 0) is 30.6 Å². The second-order valence-electron chi connectivity index (χ2n) is 6.61. The molecule has 7 nitrogen and oxygen atoms in total. The predicted octanol–water partition coefficient (Wildman–Crippen LogP) is 1.50. The molecule has 27 heavy (non-hydrogen) atoms. The van der Waals surface area contributed by atoms with Gasteiger partial charge in [-0.25, -0.2) is 4.68 Å². The van der Waals surface area contributed by atoms with E-state index in [1.54, 1.807) is 20.3 Å². The molecule has 0 bridgehead atoms. The SMILES string of the molecule is COc1ccc(CCNC(=O)Cn2nc3c(cc2=O)CCCC3)cc1OC. The van der Waals surface area contributed by atoms with E-state index in [1.165, 1.54) is 4.68 Å². The highest BCUT2D eigenvalue weighted by Crippen LogP contribution is 2.27. The highest BCUT2D eigenvalue weighted by Gasteiger charge is 2.14. The van der Waals surface area contributed by atoms with Crippen LogP contribution in [0.25, 0.3) is 0 Å². The number of ether oxygens (including phenoxy) is 2. The van der Waals surface area contributed by atoms with Gasteiger partial charge in [0, 0.05) is 12.6 Å². The zero-order chi connectivity index (χ0) is 19.2. The lowest BCUT2D eigenvalue weighted by Crippen LogP contribution is -2.35. The Hall–Kier alpha value is -2.83. The van der Waals surface area contributed by atoms with Crippen molar-refractivity contribution in [2.75, 3.05) is 20.8 Å². The molecule has 1 aliphatic rings. The topological polar surface area (TPSA) is 82.5 Å². The molecule has 0 unspecified atom stereocenters. The van der Waals surface area contributed by atoms with E-state index in [1.807, 2.05) is 18.2 Å². The second-order valence-corrected chi connectivity index (χ2v) is 6.61. The summed E-state index contributed by atoms with van der Waals surface area (Å²) in [7, 11) is 3.18. The maximum Gasteiger partial charge on any atom is 0.267 e. The average Bonchev–Trinajstić information content (AvgIpc) is 2.68. The first kappa shape index (κ1) is 18.9. The van der Waals surface area contributed by atoms with Crippen molar-refractivity contribution in [3.05, 3.63) is 51.4 Å². The number of hydrogen-bond acceptors (Lipinski definition) is 5. The van der Waals surface area contributed by atoms with Crippen LogP contribution in [0.1, 0.15) is 29.7 Å². The number of fused-ring (bicyclic) bond motifs is 1. The smallest absolute Gasteiger partial charge is 0.267 e. The van der Waals surface area contributed by atoms with E-state index in [0.717, 1.165) is 42.5 Å². The van der Waals surface area contributed by atoms with Gasteiger partial charge in [-0.1, -0.05) is 6.07 Å². The van der Waals surface area contributed by atoms with Crippen LogP contribution < -0.4 is 20.3 Å². The summed E-state index contributed by atoms with van der Waals surface area (Å²) in [5.41, 5.74) is 2.78. The van der Waals surface area contributed by atoms with Gasteiger partial charge >= 0.3 is 0 Å². The van der Waals surface area contributed by atoms with E-state index in [2.05, 4.69) is 10.4 Å². The lowest BCUT2D eigenvalue weighted by Gasteiger charge is -2.15. The zero-order valence-corrected chi connectivity index (χ0v) is 15.8. The van der Waals surface area contributed by atoms with Gasteiger partial charge < -0.3 is 14.8 Å². The van der Waals surface area contributed by atoms with Gasteiger partial charge in [0.1, 0.15) is 6.54 Å². The summed E-state index contributed by atoms with van der Waals surface area (Å²) in [4.78, 5) is 24.3. The second kappa shape index (κ2) is 8.70. The van der Waals surface area contributed by atoms with Gasteiger partial charge in [-0.15, -0.1) is 0 Å². The molecule has 0 atom stereocenters. The molecule has 0 fully saturated rings. The standard InChI is InChI=1S/C20H25N3O4/c1-26-17-8-7-14(11-18(17)27-2)9-10-21-19(24)13-23-20(25)12-15-5-3-4-6-16(15)22-23/h7-8,11-12H,3-6,9-10,13H2,1-2H3,(H,21,24). The summed E-state index contributed by atoms with van der Waals surface area (Å²) in [6, 6.07) is 7.29. The number of carbonyl (C=O) groups excluding carboxylic acids is 1. The molecule has 1 N–H and O–H groups in total. The molecular weight excluding hydrogens is 346 g/mol. The molecule has 1 heterocycles. The first-order valence-electron chi connectivity index (χ1n) is 9.18. The third kappa shape index (κ3) is 4.67. The normalized spacial score (nSPS) is 13.0. The van der Waals surface area contributed by atoms with E-state index in [0.29, 0.717) is 24.5 Å². The molecular formula is C20H25N3O4. The Morgan fingerprint density at radius 3 is 2.70 bits per heavy atom. The maximum atomic E-state index is 12.2. The molecule has 0 saturated heterocycles. The summed E-state index contributed by atoms with van der Waals surface area (Å²) in [5.74, 6) is 1.11. The number of rotatable bonds is 7. The predicted molar refractivity (Wildman–Crippen MR) is 101 cm³/mol. The van der Waals surface area contributed by atoms with Crippen molar-refractivity contribution < 1.29 is 14.3 Å². The van der Waals surface area contributed by atoms with Crippen LogP contribution in [0, 0.1) is 0 Å². The van der Waals surface area contributed by atoms with Crippen molar-refractivity contribution in [2.24, 2.45) is 0 Å². The fraction of sp³-hybridized carbons (Fsp3) is 0.450. The maximum absolute atomic E-state index is 12.2. The molecule has 1 aliphatic carbocycles. The summed E-state index contributed by atoms with van der Waals surface area (Å²) in [6.07, 6.45) is 4.59. The fourth-order valence-electron chi connectivity index (χ4n) is 3.29. The molecule has 1 aromatic heterocycles. The number of hydrogen-bond donors (Lipinski definition) is 1. The van der Waals surface area contributed by atoms with Crippen LogP contribution in [0.3, 0.4) is 0 Å². The van der Waals surface area contributed by atoms with Gasteiger partial charge in [-0.3, -0.25) is 9.59 Å². The molecule has 0 aliphatic heterocycles. The van der Waals surface area contributed by atoms with Crippen molar-refractivity contribution >= 4 is 5.91 Å². The Labute approximate surface area is 158 Å². The zero-order valence-electron chi connectivity index (χ0n) is 15.8. The Bertz CT molecular complexity index is 876. The number of benzene rings is 1. The first-order chi connectivity index (χ1) is 13.1. The molecule has 3 rings (SSSR count). The van der Waals surface area contributed by atoms with E-state index >= 15 is 0 Å². The summed E-state index contributed by atoms with van der Waals surface area (Å²) >= 11 is 0. The molecule has 2 aromatic rings. The third-order valence-electron chi connectivity index (χ3n) is 4.75. The minimum Gasteiger partial charge on any atom is -0.493 e. The van der Waals surface area contributed by atoms with Crippen molar-refractivity contribution in [3.8, 4) is 11.5 Å². The number of nitrogens with one attached hydrogen (secondary N) is 1. The Balaban J connectivity index is 1.55. The lowest BCUT2D eigenvalue weighted by atomic mass is 9.97. The van der Waals surface area contributed by atoms with Gasteiger partial charge in [0.2, 0.25) is 5.91 Å². The minimum atomic E-state index is -0.221. The molecule has 1 amide bonds. The molecule has 0 spiro atoms. The quantitative estimate of drug-likeness (QED) is 0.798. The van der Waals surface area contributed by atoms with Crippen LogP contribution in [0.5, 0.6) is 11.5 Å². The number of aromatic nitrogens is 2. The lowest BCUT2D eigenvalue weighted by molar-refractivity contribution is -0.121. The van der Waals surface area contributed by atoms with Crippen LogP contribution in [0.2, 0.25) is 0 Å². The number of amides is 1. The molecule has 7 heteroatoms. The van der Waals surface area contributed by atoms with Crippen molar-refractivity contribution in [1.29, 1.82) is 0 Å². The monoisotopic (exact) mass is 371 g/mol. The van der Waals surface area contributed by atoms with Gasteiger partial charge in [0.15, 0.2) is 11.5 Å². The van der Waals surface area contributed by atoms with E-state index in [9.17, 15) is 9.59 Å². The first-order valence-corrected chi connectivity index (χ1v) is 9.18. The third-order valence-corrected chi connectivity index (χ3v) is 4.75. The number of methoxy groups -OCH3 is 2. The minimum absolute atomic E-state index is 0.0575. The summed E-state index contributed by atoms with van der Waals surface area (Å²) in [6.45, 7) is 0.409. The van der Waals surface area contributed by atoms with E-state index in [4.69, 9.17) is 9.47 Å². The average molecular weight is 371 g/mol. The van der Waals surface area contributed by atoms with Crippen LogP contribution in [0.4, 0.5) is 0 Å². The van der Waals surface area contributed by atoms with Crippen molar-refractivity contribution in [3.63, 3.8) is 0 Å². The fourth-order valence-corrected chi connectivity index (χ4v) is 3.29.